The van der Waals surface area contributed by atoms with Crippen molar-refractivity contribution < 1.29 is 0 Å². The Morgan fingerprint density at radius 2 is 1.94 bits per heavy atom. The summed E-state index contributed by atoms with van der Waals surface area (Å²) in [6.45, 7) is 6.27. The van der Waals surface area contributed by atoms with Crippen molar-refractivity contribution >= 4 is 21.7 Å². The Bertz CT molecular complexity index is 561. The van der Waals surface area contributed by atoms with Gasteiger partial charge in [-0.05, 0) is 28.1 Å². The van der Waals surface area contributed by atoms with Crippen molar-refractivity contribution in [3.63, 3.8) is 0 Å². The fraction of sp³-hybridized carbons (Fsp3) is 0.308. The van der Waals surface area contributed by atoms with Crippen LogP contribution >= 0.6 is 15.9 Å². The number of nitrogens with zero attached hydrogens (tertiary/aromatic N) is 3. The maximum Gasteiger partial charge on any atom is 0.163 e. The van der Waals surface area contributed by atoms with Gasteiger partial charge in [-0.25, -0.2) is 9.97 Å². The van der Waals surface area contributed by atoms with Crippen LogP contribution in [-0.4, -0.2) is 15.0 Å². The minimum absolute atomic E-state index is 0.104. The highest BCUT2D eigenvalue weighted by Crippen LogP contribution is 2.32. The zero-order valence-electron chi connectivity index (χ0n) is 10.6. The summed E-state index contributed by atoms with van der Waals surface area (Å²) >= 11 is 3.46. The van der Waals surface area contributed by atoms with Gasteiger partial charge >= 0.3 is 0 Å². The van der Waals surface area contributed by atoms with Crippen LogP contribution in [0.3, 0.4) is 0 Å². The van der Waals surface area contributed by atoms with E-state index in [1.807, 2.05) is 12.1 Å². The Hall–Kier alpha value is -1.49. The molecule has 2 rings (SSSR count). The number of halogens is 1. The minimum atomic E-state index is -0.104. The molecule has 94 valence electrons. The third-order valence-electron chi connectivity index (χ3n) is 2.51. The van der Waals surface area contributed by atoms with Crippen LogP contribution < -0.4 is 5.73 Å². The highest BCUT2D eigenvalue weighted by molar-refractivity contribution is 9.10. The quantitative estimate of drug-likeness (QED) is 0.879. The first-order valence-corrected chi connectivity index (χ1v) is 6.43. The molecule has 18 heavy (non-hydrogen) atoms. The molecular weight excluding hydrogens is 292 g/mol. The van der Waals surface area contributed by atoms with Crippen LogP contribution in [0.1, 0.15) is 26.5 Å². The summed E-state index contributed by atoms with van der Waals surface area (Å²) in [5.74, 6) is 1.06. The van der Waals surface area contributed by atoms with E-state index in [9.17, 15) is 0 Å². The van der Waals surface area contributed by atoms with Crippen molar-refractivity contribution in [2.24, 2.45) is 0 Å². The highest BCUT2D eigenvalue weighted by atomic mass is 79.9. The van der Waals surface area contributed by atoms with Crippen molar-refractivity contribution in [1.29, 1.82) is 0 Å². The monoisotopic (exact) mass is 306 g/mol. The van der Waals surface area contributed by atoms with E-state index in [-0.39, 0.29) is 5.41 Å². The second kappa shape index (κ2) is 4.65. The average molecular weight is 307 g/mol. The normalized spacial score (nSPS) is 11.6. The molecule has 0 aromatic carbocycles. The van der Waals surface area contributed by atoms with Crippen molar-refractivity contribution in [2.75, 3.05) is 5.73 Å². The maximum absolute atomic E-state index is 5.94. The van der Waals surface area contributed by atoms with Crippen molar-refractivity contribution in [3.8, 4) is 11.4 Å². The first kappa shape index (κ1) is 13.0. The van der Waals surface area contributed by atoms with Gasteiger partial charge in [0.15, 0.2) is 5.82 Å². The summed E-state index contributed by atoms with van der Waals surface area (Å²) in [4.78, 5) is 13.0. The Balaban J connectivity index is 2.62. The lowest BCUT2D eigenvalue weighted by molar-refractivity contribution is 0.564. The Morgan fingerprint density at radius 1 is 1.22 bits per heavy atom. The lowest BCUT2D eigenvalue weighted by atomic mass is 9.92. The van der Waals surface area contributed by atoms with Crippen molar-refractivity contribution in [3.05, 3.63) is 34.7 Å². The third-order valence-corrected chi connectivity index (χ3v) is 3.29. The zero-order valence-corrected chi connectivity index (χ0v) is 12.2. The van der Waals surface area contributed by atoms with Gasteiger partial charge < -0.3 is 5.73 Å². The molecule has 2 aromatic rings. The van der Waals surface area contributed by atoms with Gasteiger partial charge in [0.25, 0.3) is 0 Å². The molecule has 4 nitrogen and oxygen atoms in total. The summed E-state index contributed by atoms with van der Waals surface area (Å²) in [6.07, 6.45) is 3.45. The number of nitrogens with two attached hydrogens (primary N) is 1. The molecule has 0 spiro atoms. The van der Waals surface area contributed by atoms with Gasteiger partial charge in [0.05, 0.1) is 10.2 Å². The summed E-state index contributed by atoms with van der Waals surface area (Å²) in [7, 11) is 0. The molecule has 0 amide bonds. The molecule has 0 saturated heterocycles. The van der Waals surface area contributed by atoms with Crippen LogP contribution in [0.4, 0.5) is 5.82 Å². The molecule has 5 heteroatoms. The number of hydrogen-bond donors (Lipinski definition) is 1. The number of nitrogen functional groups attached to an aromatic ring is 1. The van der Waals surface area contributed by atoms with Crippen LogP contribution in [0.15, 0.2) is 29.0 Å². The lowest BCUT2D eigenvalue weighted by Crippen LogP contribution is -2.17. The second-order valence-electron chi connectivity index (χ2n) is 5.09. The van der Waals surface area contributed by atoms with E-state index in [1.54, 1.807) is 12.4 Å². The van der Waals surface area contributed by atoms with Gasteiger partial charge in [-0.2, -0.15) is 0 Å². The topological polar surface area (TPSA) is 64.7 Å². The van der Waals surface area contributed by atoms with Crippen LogP contribution in [-0.2, 0) is 5.41 Å². The third kappa shape index (κ3) is 2.51. The van der Waals surface area contributed by atoms with E-state index in [4.69, 9.17) is 5.73 Å². The number of hydrogen-bond acceptors (Lipinski definition) is 4. The molecule has 2 heterocycles. The van der Waals surface area contributed by atoms with E-state index < -0.39 is 0 Å². The maximum atomic E-state index is 5.94. The standard InChI is InChI=1S/C13H15BrN4/c1-13(2,3)10-9(14)11(15)18-12(17-10)8-5-4-6-16-7-8/h4-7H,1-3H3,(H2,15,17,18). The lowest BCUT2D eigenvalue weighted by Gasteiger charge is -2.20. The molecule has 0 bridgehead atoms. The predicted molar refractivity (Wildman–Crippen MR) is 76.1 cm³/mol. The van der Waals surface area contributed by atoms with Gasteiger partial charge in [-0.1, -0.05) is 20.8 Å². The van der Waals surface area contributed by atoms with Crippen molar-refractivity contribution in [2.45, 2.75) is 26.2 Å². The molecule has 0 fully saturated rings. The highest BCUT2D eigenvalue weighted by Gasteiger charge is 2.22. The minimum Gasteiger partial charge on any atom is -0.383 e. The fourth-order valence-corrected chi connectivity index (χ4v) is 2.36. The summed E-state index contributed by atoms with van der Waals surface area (Å²) < 4.78 is 0.766. The molecule has 2 N–H and O–H groups in total. The van der Waals surface area contributed by atoms with Crippen LogP contribution in [0.25, 0.3) is 11.4 Å². The van der Waals surface area contributed by atoms with Gasteiger partial charge in [0.1, 0.15) is 5.82 Å². The first-order valence-electron chi connectivity index (χ1n) is 5.63. The molecule has 0 aliphatic rings. The summed E-state index contributed by atoms with van der Waals surface area (Å²) in [6, 6.07) is 3.77. The van der Waals surface area contributed by atoms with Crippen LogP contribution in [0.2, 0.25) is 0 Å². The van der Waals surface area contributed by atoms with E-state index in [0.29, 0.717) is 11.6 Å². The Labute approximate surface area is 115 Å². The molecule has 0 unspecified atom stereocenters. The van der Waals surface area contributed by atoms with Crippen LogP contribution in [0, 0.1) is 0 Å². The smallest absolute Gasteiger partial charge is 0.163 e. The SMILES string of the molecule is CC(C)(C)c1nc(-c2cccnc2)nc(N)c1Br. The fourth-order valence-electron chi connectivity index (χ4n) is 1.59. The summed E-state index contributed by atoms with van der Waals surface area (Å²) in [5.41, 5.74) is 7.59. The first-order chi connectivity index (χ1) is 8.39. The Kier molecular flexibility index (Phi) is 3.34. The molecular formula is C13H15BrN4. The van der Waals surface area contributed by atoms with Gasteiger partial charge in [-0.3, -0.25) is 4.98 Å². The zero-order chi connectivity index (χ0) is 13.3. The predicted octanol–water partition coefficient (Wildman–Crippen LogP) is 3.18. The molecule has 0 aliphatic heterocycles. The molecule has 0 radical (unpaired) electrons. The average Bonchev–Trinajstić information content (AvgIpc) is 2.32. The Morgan fingerprint density at radius 3 is 2.50 bits per heavy atom. The number of pyridine rings is 1. The largest absolute Gasteiger partial charge is 0.383 e. The van der Waals surface area contributed by atoms with E-state index >= 15 is 0 Å². The number of anilines is 1. The molecule has 2 aromatic heterocycles. The van der Waals surface area contributed by atoms with E-state index in [1.165, 1.54) is 0 Å². The van der Waals surface area contributed by atoms with E-state index in [0.717, 1.165) is 15.7 Å². The molecule has 0 saturated carbocycles. The number of aromatic nitrogens is 3. The van der Waals surface area contributed by atoms with Crippen LogP contribution in [0.5, 0.6) is 0 Å². The van der Waals surface area contributed by atoms with E-state index in [2.05, 4.69) is 51.7 Å². The van der Waals surface area contributed by atoms with Gasteiger partial charge in [-0.15, -0.1) is 0 Å². The van der Waals surface area contributed by atoms with Gasteiger partial charge in [0.2, 0.25) is 0 Å². The molecule has 0 aliphatic carbocycles. The number of rotatable bonds is 1. The molecule has 0 atom stereocenters. The van der Waals surface area contributed by atoms with Gasteiger partial charge in [0, 0.05) is 23.4 Å². The summed E-state index contributed by atoms with van der Waals surface area (Å²) in [5, 5.41) is 0. The van der Waals surface area contributed by atoms with Crippen molar-refractivity contribution in [1.82, 2.24) is 15.0 Å². The second-order valence-corrected chi connectivity index (χ2v) is 5.88.